The Morgan fingerprint density at radius 2 is 2.33 bits per heavy atom. The summed E-state index contributed by atoms with van der Waals surface area (Å²) in [6, 6.07) is 0. The molecule has 0 saturated heterocycles. The molecule has 0 aromatic carbocycles. The minimum absolute atomic E-state index is 0.330. The fourth-order valence-corrected chi connectivity index (χ4v) is 1.83. The summed E-state index contributed by atoms with van der Waals surface area (Å²) in [5, 5.41) is 0. The number of ether oxygens (including phenoxy) is 1. The maximum atomic E-state index is 5.55. The van der Waals surface area contributed by atoms with Gasteiger partial charge in [-0.15, -0.1) is 0 Å². The van der Waals surface area contributed by atoms with Crippen LogP contribution in [0.1, 0.15) is 19.7 Å². The van der Waals surface area contributed by atoms with Crippen LogP contribution in [0, 0.1) is 0 Å². The normalized spacial score (nSPS) is 17.0. The van der Waals surface area contributed by atoms with Crippen molar-refractivity contribution < 1.29 is 4.74 Å². The molecular formula is C11H19N3O. The lowest BCUT2D eigenvalue weighted by Gasteiger charge is -2.27. The van der Waals surface area contributed by atoms with Gasteiger partial charge in [0.2, 0.25) is 0 Å². The summed E-state index contributed by atoms with van der Waals surface area (Å²) in [6.07, 6.45) is 4.26. The summed E-state index contributed by atoms with van der Waals surface area (Å²) >= 11 is 0. The molecule has 2 rings (SSSR count). The highest BCUT2D eigenvalue weighted by molar-refractivity contribution is 4.95. The van der Waals surface area contributed by atoms with Gasteiger partial charge < -0.3 is 9.30 Å². The largest absolute Gasteiger partial charge is 0.377 e. The molecule has 0 atom stereocenters. The van der Waals surface area contributed by atoms with E-state index in [1.807, 2.05) is 6.20 Å². The van der Waals surface area contributed by atoms with E-state index in [2.05, 4.69) is 34.5 Å². The predicted molar refractivity (Wildman–Crippen MR) is 58.6 cm³/mol. The van der Waals surface area contributed by atoms with Crippen molar-refractivity contribution in [3.63, 3.8) is 0 Å². The van der Waals surface area contributed by atoms with E-state index in [0.717, 1.165) is 32.8 Å². The first kappa shape index (κ1) is 10.6. The minimum atomic E-state index is 0.330. The highest BCUT2D eigenvalue weighted by atomic mass is 16.5. The number of rotatable bonds is 4. The maximum absolute atomic E-state index is 5.55. The lowest BCUT2D eigenvalue weighted by atomic mass is 10.3. The van der Waals surface area contributed by atoms with Gasteiger partial charge in [-0.2, -0.15) is 0 Å². The Hall–Kier alpha value is -0.870. The van der Waals surface area contributed by atoms with Gasteiger partial charge in [0.15, 0.2) is 0 Å². The van der Waals surface area contributed by atoms with E-state index in [1.54, 1.807) is 0 Å². The summed E-state index contributed by atoms with van der Waals surface area (Å²) < 4.78 is 7.77. The molecule has 4 heteroatoms. The van der Waals surface area contributed by atoms with E-state index in [4.69, 9.17) is 4.74 Å². The molecule has 2 heterocycles. The molecule has 84 valence electrons. The highest BCUT2D eigenvalue weighted by Gasteiger charge is 2.15. The lowest BCUT2D eigenvalue weighted by Crippen LogP contribution is -2.36. The monoisotopic (exact) mass is 209 g/mol. The van der Waals surface area contributed by atoms with Crippen LogP contribution in [0.5, 0.6) is 0 Å². The third-order valence-electron chi connectivity index (χ3n) is 2.68. The summed E-state index contributed by atoms with van der Waals surface area (Å²) in [7, 11) is 0. The van der Waals surface area contributed by atoms with E-state index in [1.165, 1.54) is 5.82 Å². The average molecular weight is 209 g/mol. The van der Waals surface area contributed by atoms with Gasteiger partial charge in [0.1, 0.15) is 5.82 Å². The Labute approximate surface area is 90.9 Å². The van der Waals surface area contributed by atoms with Crippen LogP contribution < -0.4 is 0 Å². The van der Waals surface area contributed by atoms with E-state index < -0.39 is 0 Å². The Morgan fingerprint density at radius 1 is 1.47 bits per heavy atom. The molecule has 0 spiro atoms. The van der Waals surface area contributed by atoms with Gasteiger partial charge >= 0.3 is 0 Å². The van der Waals surface area contributed by atoms with Crippen LogP contribution in [0.3, 0.4) is 0 Å². The van der Waals surface area contributed by atoms with Crippen LogP contribution in [0.4, 0.5) is 0 Å². The molecule has 1 aromatic rings. The first-order valence-electron chi connectivity index (χ1n) is 5.59. The molecule has 0 saturated carbocycles. The fraction of sp³-hybridized carbons (Fsp3) is 0.727. The summed E-state index contributed by atoms with van der Waals surface area (Å²) in [5.41, 5.74) is 0. The molecule has 15 heavy (non-hydrogen) atoms. The molecule has 1 aliphatic rings. The Balaban J connectivity index is 1.78. The standard InChI is InChI=1S/C11H19N3O/c1-10(2)15-8-7-13-5-6-14-4-3-12-11(14)9-13/h3-4,10H,5-9H2,1-2H3. The second kappa shape index (κ2) is 4.77. The van der Waals surface area contributed by atoms with Gasteiger partial charge in [-0.25, -0.2) is 4.98 Å². The van der Waals surface area contributed by atoms with E-state index in [9.17, 15) is 0 Å². The van der Waals surface area contributed by atoms with Gasteiger partial charge in [0.25, 0.3) is 0 Å². The van der Waals surface area contributed by atoms with Crippen LogP contribution in [0.15, 0.2) is 12.4 Å². The zero-order valence-corrected chi connectivity index (χ0v) is 9.52. The predicted octanol–water partition coefficient (Wildman–Crippen LogP) is 1.12. The van der Waals surface area contributed by atoms with Crippen LogP contribution in [0.2, 0.25) is 0 Å². The summed E-state index contributed by atoms with van der Waals surface area (Å²) in [5.74, 6) is 1.17. The smallest absolute Gasteiger partial charge is 0.122 e. The van der Waals surface area contributed by atoms with Crippen molar-refractivity contribution >= 4 is 0 Å². The third kappa shape index (κ3) is 2.79. The quantitative estimate of drug-likeness (QED) is 0.744. The van der Waals surface area contributed by atoms with Crippen molar-refractivity contribution in [1.29, 1.82) is 0 Å². The molecule has 0 radical (unpaired) electrons. The SMILES string of the molecule is CC(C)OCCN1CCn2ccnc2C1. The first-order valence-corrected chi connectivity index (χ1v) is 5.59. The molecule has 1 aliphatic heterocycles. The minimum Gasteiger partial charge on any atom is -0.377 e. The second-order valence-corrected chi connectivity index (χ2v) is 4.23. The number of fused-ring (bicyclic) bond motifs is 1. The Kier molecular flexibility index (Phi) is 3.38. The molecular weight excluding hydrogens is 190 g/mol. The zero-order chi connectivity index (χ0) is 10.7. The molecule has 0 unspecified atom stereocenters. The summed E-state index contributed by atoms with van der Waals surface area (Å²) in [4.78, 5) is 6.72. The molecule has 1 aromatic heterocycles. The molecule has 4 nitrogen and oxygen atoms in total. The van der Waals surface area contributed by atoms with Crippen LogP contribution in [-0.4, -0.2) is 40.3 Å². The fourth-order valence-electron chi connectivity index (χ4n) is 1.83. The van der Waals surface area contributed by atoms with E-state index >= 15 is 0 Å². The molecule has 0 fully saturated rings. The van der Waals surface area contributed by atoms with Gasteiger partial charge in [0, 0.05) is 32.0 Å². The number of nitrogens with zero attached hydrogens (tertiary/aromatic N) is 3. The van der Waals surface area contributed by atoms with Gasteiger partial charge in [-0.3, -0.25) is 4.90 Å². The molecule has 0 aliphatic carbocycles. The van der Waals surface area contributed by atoms with Gasteiger partial charge in [-0.1, -0.05) is 0 Å². The van der Waals surface area contributed by atoms with E-state index in [-0.39, 0.29) is 0 Å². The van der Waals surface area contributed by atoms with Crippen molar-refractivity contribution in [3.8, 4) is 0 Å². The van der Waals surface area contributed by atoms with Crippen molar-refractivity contribution in [1.82, 2.24) is 14.5 Å². The first-order chi connectivity index (χ1) is 7.25. The molecule has 0 N–H and O–H groups in total. The van der Waals surface area contributed by atoms with Crippen molar-refractivity contribution in [3.05, 3.63) is 18.2 Å². The lowest BCUT2D eigenvalue weighted by molar-refractivity contribution is 0.0529. The van der Waals surface area contributed by atoms with Crippen LogP contribution in [-0.2, 0) is 17.8 Å². The highest BCUT2D eigenvalue weighted by Crippen LogP contribution is 2.09. The van der Waals surface area contributed by atoms with E-state index in [0.29, 0.717) is 6.10 Å². The molecule has 0 amide bonds. The van der Waals surface area contributed by atoms with Gasteiger partial charge in [0.05, 0.1) is 19.3 Å². The Morgan fingerprint density at radius 3 is 3.13 bits per heavy atom. The topological polar surface area (TPSA) is 30.3 Å². The van der Waals surface area contributed by atoms with Crippen molar-refractivity contribution in [2.75, 3.05) is 19.7 Å². The van der Waals surface area contributed by atoms with Crippen molar-refractivity contribution in [2.45, 2.75) is 33.0 Å². The maximum Gasteiger partial charge on any atom is 0.122 e. The number of aromatic nitrogens is 2. The number of hydrogen-bond donors (Lipinski definition) is 0. The zero-order valence-electron chi connectivity index (χ0n) is 9.52. The number of hydrogen-bond acceptors (Lipinski definition) is 3. The van der Waals surface area contributed by atoms with Crippen LogP contribution in [0.25, 0.3) is 0 Å². The second-order valence-electron chi connectivity index (χ2n) is 4.23. The van der Waals surface area contributed by atoms with Crippen LogP contribution >= 0.6 is 0 Å². The Bertz CT molecular complexity index is 309. The van der Waals surface area contributed by atoms with Gasteiger partial charge in [-0.05, 0) is 13.8 Å². The third-order valence-corrected chi connectivity index (χ3v) is 2.68. The summed E-state index contributed by atoms with van der Waals surface area (Å²) in [6.45, 7) is 9.07. The van der Waals surface area contributed by atoms with Crippen molar-refractivity contribution in [2.24, 2.45) is 0 Å². The molecule has 0 bridgehead atoms. The average Bonchev–Trinajstić information content (AvgIpc) is 2.64. The number of imidazole rings is 1.